The van der Waals surface area contributed by atoms with Crippen molar-refractivity contribution in [3.63, 3.8) is 0 Å². The highest BCUT2D eigenvalue weighted by Crippen LogP contribution is 2.29. The minimum Gasteiger partial charge on any atom is -0.326 e. The molecule has 4 rings (SSSR count). The van der Waals surface area contributed by atoms with Gasteiger partial charge in [-0.25, -0.2) is 4.39 Å². The number of amides is 4. The lowest BCUT2D eigenvalue weighted by molar-refractivity contribution is -0.116. The molecule has 4 amide bonds. The van der Waals surface area contributed by atoms with Crippen molar-refractivity contribution in [2.45, 2.75) is 30.4 Å². The highest BCUT2D eigenvalue weighted by Gasteiger charge is 2.20. The molecule has 10 heteroatoms. The minimum absolute atomic E-state index is 0.136. The number of halogens is 1. The van der Waals surface area contributed by atoms with Gasteiger partial charge in [0, 0.05) is 40.0 Å². The molecule has 0 aliphatic rings. The van der Waals surface area contributed by atoms with Crippen LogP contribution in [-0.4, -0.2) is 28.9 Å². The molecular formula is C34H31FN4O4S. The summed E-state index contributed by atoms with van der Waals surface area (Å²) in [6, 6.07) is 28.1. The van der Waals surface area contributed by atoms with Crippen LogP contribution in [0.15, 0.2) is 114 Å². The summed E-state index contributed by atoms with van der Waals surface area (Å²) in [5.74, 6) is -2.09. The molecule has 0 saturated heterocycles. The largest absolute Gasteiger partial charge is 0.326 e. The first-order valence-electron chi connectivity index (χ1n) is 13.8. The number of thioether (sulfide) groups is 1. The van der Waals surface area contributed by atoms with Crippen LogP contribution in [0.5, 0.6) is 0 Å². The third kappa shape index (κ3) is 9.14. The molecule has 1 unspecified atom stereocenters. The third-order valence-electron chi connectivity index (χ3n) is 6.24. The summed E-state index contributed by atoms with van der Waals surface area (Å²) in [6.07, 6.45) is 1.82. The Morgan fingerprint density at radius 1 is 0.773 bits per heavy atom. The number of anilines is 3. The number of carbonyl (C=O) groups excluding carboxylic acids is 4. The second-order valence-corrected chi connectivity index (χ2v) is 10.9. The summed E-state index contributed by atoms with van der Waals surface area (Å²) < 4.78 is 14.4. The Balaban J connectivity index is 1.47. The van der Waals surface area contributed by atoms with Crippen molar-refractivity contribution >= 4 is 58.5 Å². The molecule has 44 heavy (non-hydrogen) atoms. The molecule has 4 aromatic carbocycles. The number of nitrogens with one attached hydrogen (secondary N) is 4. The van der Waals surface area contributed by atoms with Gasteiger partial charge in [0.05, 0.1) is 5.25 Å². The van der Waals surface area contributed by atoms with Crippen molar-refractivity contribution in [3.05, 3.63) is 126 Å². The van der Waals surface area contributed by atoms with Crippen molar-refractivity contribution in [1.29, 1.82) is 0 Å². The van der Waals surface area contributed by atoms with Gasteiger partial charge in [-0.15, -0.1) is 11.8 Å². The van der Waals surface area contributed by atoms with E-state index < -0.39 is 22.9 Å². The molecule has 0 radical (unpaired) electrons. The fourth-order valence-corrected chi connectivity index (χ4v) is 5.10. The number of hydrogen-bond donors (Lipinski definition) is 4. The summed E-state index contributed by atoms with van der Waals surface area (Å²) in [7, 11) is 0. The molecule has 4 N–H and O–H groups in total. The Morgan fingerprint density at radius 3 is 2.09 bits per heavy atom. The van der Waals surface area contributed by atoms with Crippen molar-refractivity contribution in [2.75, 3.05) is 16.0 Å². The van der Waals surface area contributed by atoms with E-state index in [4.69, 9.17) is 0 Å². The maximum absolute atomic E-state index is 14.4. The molecular weight excluding hydrogens is 579 g/mol. The molecule has 224 valence electrons. The van der Waals surface area contributed by atoms with Crippen LogP contribution < -0.4 is 21.3 Å². The Bertz CT molecular complexity index is 1680. The van der Waals surface area contributed by atoms with Gasteiger partial charge in [0.1, 0.15) is 11.5 Å². The lowest BCUT2D eigenvalue weighted by Crippen LogP contribution is -2.30. The quantitative estimate of drug-likeness (QED) is 0.111. The Morgan fingerprint density at radius 2 is 1.43 bits per heavy atom. The molecule has 8 nitrogen and oxygen atoms in total. The van der Waals surface area contributed by atoms with E-state index in [2.05, 4.69) is 21.3 Å². The fourth-order valence-electron chi connectivity index (χ4n) is 4.09. The molecule has 0 aromatic heterocycles. The second kappa shape index (κ2) is 15.3. The van der Waals surface area contributed by atoms with Crippen LogP contribution in [0.2, 0.25) is 0 Å². The molecule has 1 atom stereocenters. The summed E-state index contributed by atoms with van der Waals surface area (Å²) in [6.45, 7) is 3.32. The molecule has 0 aliphatic heterocycles. The zero-order valence-electron chi connectivity index (χ0n) is 24.1. The van der Waals surface area contributed by atoms with Gasteiger partial charge in [-0.2, -0.15) is 0 Å². The molecule has 0 spiro atoms. The first-order valence-corrected chi connectivity index (χ1v) is 14.7. The lowest BCUT2D eigenvalue weighted by atomic mass is 10.1. The maximum Gasteiger partial charge on any atom is 0.272 e. The number of rotatable bonds is 11. The molecule has 0 aliphatic carbocycles. The Kier molecular flexibility index (Phi) is 11.0. The van der Waals surface area contributed by atoms with E-state index in [1.54, 1.807) is 78.9 Å². The molecule has 0 fully saturated rings. The van der Waals surface area contributed by atoms with Crippen LogP contribution >= 0.6 is 11.8 Å². The second-order valence-electron chi connectivity index (χ2n) is 9.64. The average molecular weight is 611 g/mol. The first-order chi connectivity index (χ1) is 21.2. The van der Waals surface area contributed by atoms with E-state index in [9.17, 15) is 23.6 Å². The van der Waals surface area contributed by atoms with E-state index in [1.807, 2.05) is 13.0 Å². The highest BCUT2D eigenvalue weighted by molar-refractivity contribution is 8.00. The van der Waals surface area contributed by atoms with E-state index in [1.165, 1.54) is 43.0 Å². The minimum atomic E-state index is -0.646. The smallest absolute Gasteiger partial charge is 0.272 e. The van der Waals surface area contributed by atoms with Gasteiger partial charge in [-0.3, -0.25) is 19.2 Å². The van der Waals surface area contributed by atoms with Gasteiger partial charge >= 0.3 is 0 Å². The predicted molar refractivity (Wildman–Crippen MR) is 173 cm³/mol. The van der Waals surface area contributed by atoms with Gasteiger partial charge < -0.3 is 21.3 Å². The maximum atomic E-state index is 14.4. The monoisotopic (exact) mass is 610 g/mol. The summed E-state index contributed by atoms with van der Waals surface area (Å²) in [5, 5.41) is 10.5. The normalized spacial score (nSPS) is 11.7. The average Bonchev–Trinajstić information content (AvgIpc) is 3.01. The van der Waals surface area contributed by atoms with Crippen LogP contribution in [0.4, 0.5) is 21.5 Å². The third-order valence-corrected chi connectivity index (χ3v) is 7.60. The van der Waals surface area contributed by atoms with E-state index in [0.29, 0.717) is 29.0 Å². The topological polar surface area (TPSA) is 116 Å². The predicted octanol–water partition coefficient (Wildman–Crippen LogP) is 6.70. The molecule has 0 saturated carbocycles. The van der Waals surface area contributed by atoms with E-state index in [0.717, 1.165) is 4.90 Å². The Hall–Kier alpha value is -5.22. The zero-order valence-corrected chi connectivity index (χ0v) is 24.9. The van der Waals surface area contributed by atoms with Crippen molar-refractivity contribution in [3.8, 4) is 0 Å². The number of benzene rings is 4. The van der Waals surface area contributed by atoms with Gasteiger partial charge in [0.2, 0.25) is 11.8 Å². The molecule has 4 aromatic rings. The number of hydrogen-bond acceptors (Lipinski definition) is 5. The van der Waals surface area contributed by atoms with Gasteiger partial charge in [0.25, 0.3) is 11.8 Å². The first kappa shape index (κ1) is 31.7. The van der Waals surface area contributed by atoms with Gasteiger partial charge in [-0.05, 0) is 73.2 Å². The van der Waals surface area contributed by atoms with Crippen molar-refractivity contribution < 1.29 is 23.6 Å². The summed E-state index contributed by atoms with van der Waals surface area (Å²) in [4.78, 5) is 51.2. The summed E-state index contributed by atoms with van der Waals surface area (Å²) in [5.41, 5.74) is 1.98. The van der Waals surface area contributed by atoms with Gasteiger partial charge in [0.15, 0.2) is 0 Å². The number of carbonyl (C=O) groups is 4. The summed E-state index contributed by atoms with van der Waals surface area (Å²) >= 11 is 1.34. The standard InChI is InChI=1S/C34H31FN4O4S/c1-3-31(34(43)37-26-18-16-25(17-19-26)36-22(2)40)44-28-14-9-13-27(21-28)38-33(42)30(20-24-12-7-8-15-29(24)35)39-32(41)23-10-5-4-6-11-23/h4-21,31H,3H2,1-2H3,(H,36,40)(H,37,43)(H,38,42)(H,39,41)/b30-20-. The van der Waals surface area contributed by atoms with Crippen molar-refractivity contribution in [2.24, 2.45) is 0 Å². The highest BCUT2D eigenvalue weighted by atomic mass is 32.2. The van der Waals surface area contributed by atoms with Crippen LogP contribution in [0.25, 0.3) is 6.08 Å². The molecule has 0 heterocycles. The Labute approximate surface area is 259 Å². The molecule has 0 bridgehead atoms. The van der Waals surface area contributed by atoms with E-state index >= 15 is 0 Å². The lowest BCUT2D eigenvalue weighted by Gasteiger charge is -2.16. The van der Waals surface area contributed by atoms with Gasteiger partial charge in [-0.1, -0.05) is 49.4 Å². The van der Waals surface area contributed by atoms with Crippen LogP contribution in [-0.2, 0) is 14.4 Å². The SMILES string of the molecule is CCC(Sc1cccc(NC(=O)/C(=C/c2ccccc2F)NC(=O)c2ccccc2)c1)C(=O)Nc1ccc(NC(C)=O)cc1. The zero-order chi connectivity index (χ0) is 31.5. The fraction of sp³-hybridized carbons (Fsp3) is 0.118. The van der Waals surface area contributed by atoms with Crippen LogP contribution in [0, 0.1) is 5.82 Å². The van der Waals surface area contributed by atoms with Crippen LogP contribution in [0.1, 0.15) is 36.2 Å². The van der Waals surface area contributed by atoms with Crippen molar-refractivity contribution in [1.82, 2.24) is 5.32 Å². The van der Waals surface area contributed by atoms with E-state index in [-0.39, 0.29) is 23.1 Å². The van der Waals surface area contributed by atoms with Crippen LogP contribution in [0.3, 0.4) is 0 Å².